The quantitative estimate of drug-likeness (QED) is 0.747. The van der Waals surface area contributed by atoms with Gasteiger partial charge in [-0.3, -0.25) is 0 Å². The normalized spacial score (nSPS) is 19.6. The van der Waals surface area contributed by atoms with E-state index in [1.807, 2.05) is 0 Å². The Labute approximate surface area is 146 Å². The van der Waals surface area contributed by atoms with E-state index >= 15 is 0 Å². The Morgan fingerprint density at radius 1 is 1.27 bits per heavy atom. The Bertz CT molecular complexity index is 882. The van der Waals surface area contributed by atoms with Crippen LogP contribution in [0.25, 0.3) is 0 Å². The van der Waals surface area contributed by atoms with Crippen LogP contribution < -0.4 is 0 Å². The summed E-state index contributed by atoms with van der Waals surface area (Å²) in [6.07, 6.45) is -3.87. The van der Waals surface area contributed by atoms with Crippen molar-refractivity contribution >= 4 is 10.0 Å². The zero-order valence-electron chi connectivity index (χ0n) is 13.4. The first-order chi connectivity index (χ1) is 12.1. The summed E-state index contributed by atoms with van der Waals surface area (Å²) in [5.41, 5.74) is 0.296. The van der Waals surface area contributed by atoms with Crippen molar-refractivity contribution in [3.63, 3.8) is 0 Å². The van der Waals surface area contributed by atoms with Gasteiger partial charge in [-0.1, -0.05) is 12.1 Å². The van der Waals surface area contributed by atoms with E-state index in [2.05, 4.69) is 14.6 Å². The molecular weight excluding hydrogens is 378 g/mol. The highest BCUT2D eigenvalue weighted by molar-refractivity contribution is 7.88. The molecule has 1 aliphatic heterocycles. The standard InChI is InChI=1S/C15H15F4N3O3S/c16-12-5-1-3-10(7-12)9-26(23,24)22-6-2-4-11(8-22)13-20-21-14(25-13)15(17,18)19/h1,3,5,7,11H,2,4,6,8-9H2. The molecule has 1 unspecified atom stereocenters. The number of hydrogen-bond donors (Lipinski definition) is 0. The summed E-state index contributed by atoms with van der Waals surface area (Å²) in [5.74, 6) is -3.24. The lowest BCUT2D eigenvalue weighted by Gasteiger charge is -2.30. The smallest absolute Gasteiger partial charge is 0.417 e. The maximum atomic E-state index is 13.2. The van der Waals surface area contributed by atoms with Crippen molar-refractivity contribution in [2.24, 2.45) is 0 Å². The lowest BCUT2D eigenvalue weighted by atomic mass is 10.00. The van der Waals surface area contributed by atoms with E-state index < -0.39 is 39.6 Å². The molecule has 3 rings (SSSR count). The summed E-state index contributed by atoms with van der Waals surface area (Å²) in [6, 6.07) is 5.25. The number of aromatic nitrogens is 2. The second-order valence-corrected chi connectivity index (χ2v) is 8.00. The van der Waals surface area contributed by atoms with Gasteiger partial charge in [0.15, 0.2) is 0 Å². The lowest BCUT2D eigenvalue weighted by Crippen LogP contribution is -2.39. The van der Waals surface area contributed by atoms with E-state index in [4.69, 9.17) is 0 Å². The van der Waals surface area contributed by atoms with Crippen molar-refractivity contribution in [3.8, 4) is 0 Å². The Hall–Kier alpha value is -2.01. The van der Waals surface area contributed by atoms with Gasteiger partial charge in [0, 0.05) is 13.1 Å². The van der Waals surface area contributed by atoms with Gasteiger partial charge in [-0.05, 0) is 30.5 Å². The third kappa shape index (κ3) is 4.21. The predicted molar refractivity (Wildman–Crippen MR) is 81.9 cm³/mol. The highest BCUT2D eigenvalue weighted by Crippen LogP contribution is 2.32. The molecule has 0 bridgehead atoms. The third-order valence-electron chi connectivity index (χ3n) is 4.05. The molecule has 0 radical (unpaired) electrons. The molecule has 0 spiro atoms. The molecule has 1 aromatic carbocycles. The largest absolute Gasteiger partial charge is 0.470 e. The molecule has 1 atom stereocenters. The minimum Gasteiger partial charge on any atom is -0.417 e. The van der Waals surface area contributed by atoms with E-state index in [0.717, 1.165) is 6.07 Å². The molecule has 2 aromatic rings. The van der Waals surface area contributed by atoms with Crippen molar-refractivity contribution in [1.29, 1.82) is 0 Å². The van der Waals surface area contributed by atoms with Crippen LogP contribution >= 0.6 is 0 Å². The summed E-state index contributed by atoms with van der Waals surface area (Å²) < 4.78 is 81.9. The van der Waals surface area contributed by atoms with Crippen LogP contribution in [0.4, 0.5) is 17.6 Å². The summed E-state index contributed by atoms with van der Waals surface area (Å²) in [6.45, 7) is 0.172. The van der Waals surface area contributed by atoms with Crippen molar-refractivity contribution < 1.29 is 30.4 Å². The minimum absolute atomic E-state index is 0.0584. The third-order valence-corrected chi connectivity index (χ3v) is 5.86. The molecule has 0 aliphatic carbocycles. The summed E-state index contributed by atoms with van der Waals surface area (Å²) in [5, 5.41) is 6.39. The van der Waals surface area contributed by atoms with Crippen LogP contribution in [0.2, 0.25) is 0 Å². The van der Waals surface area contributed by atoms with Crippen molar-refractivity contribution in [2.45, 2.75) is 30.7 Å². The zero-order valence-corrected chi connectivity index (χ0v) is 14.2. The molecule has 0 saturated carbocycles. The molecule has 26 heavy (non-hydrogen) atoms. The van der Waals surface area contributed by atoms with Crippen LogP contribution in [-0.4, -0.2) is 36.0 Å². The fourth-order valence-corrected chi connectivity index (χ4v) is 4.44. The van der Waals surface area contributed by atoms with Crippen molar-refractivity contribution in [3.05, 3.63) is 47.4 Å². The van der Waals surface area contributed by atoms with E-state index in [9.17, 15) is 26.0 Å². The monoisotopic (exact) mass is 393 g/mol. The Morgan fingerprint density at radius 2 is 2.04 bits per heavy atom. The second kappa shape index (κ2) is 6.95. The van der Waals surface area contributed by atoms with Gasteiger partial charge in [0.25, 0.3) is 0 Å². The predicted octanol–water partition coefficient (Wildman–Crippen LogP) is 2.94. The Kier molecular flexibility index (Phi) is 5.02. The highest BCUT2D eigenvalue weighted by Gasteiger charge is 2.40. The van der Waals surface area contributed by atoms with E-state index in [1.54, 1.807) is 0 Å². The number of piperidine rings is 1. The Balaban J connectivity index is 1.74. The van der Waals surface area contributed by atoms with Gasteiger partial charge >= 0.3 is 12.1 Å². The Morgan fingerprint density at radius 3 is 2.69 bits per heavy atom. The second-order valence-electron chi connectivity index (χ2n) is 6.03. The molecule has 142 valence electrons. The van der Waals surface area contributed by atoms with Gasteiger partial charge in [-0.25, -0.2) is 17.1 Å². The van der Waals surface area contributed by atoms with E-state index in [0.29, 0.717) is 18.4 Å². The zero-order chi connectivity index (χ0) is 18.9. The van der Waals surface area contributed by atoms with Crippen LogP contribution in [0, 0.1) is 5.82 Å². The van der Waals surface area contributed by atoms with Gasteiger partial charge in [0.1, 0.15) is 5.82 Å². The first-order valence-electron chi connectivity index (χ1n) is 7.78. The summed E-state index contributed by atoms with van der Waals surface area (Å²) >= 11 is 0. The SMILES string of the molecule is O=S(=O)(Cc1cccc(F)c1)N1CCCC(c2nnc(C(F)(F)F)o2)C1. The number of alkyl halides is 3. The fourth-order valence-electron chi connectivity index (χ4n) is 2.84. The molecule has 1 saturated heterocycles. The number of benzene rings is 1. The molecule has 6 nitrogen and oxygen atoms in total. The van der Waals surface area contributed by atoms with Gasteiger partial charge in [0.2, 0.25) is 15.9 Å². The van der Waals surface area contributed by atoms with Crippen molar-refractivity contribution in [1.82, 2.24) is 14.5 Å². The first-order valence-corrected chi connectivity index (χ1v) is 9.39. The molecule has 0 amide bonds. The fraction of sp³-hybridized carbons (Fsp3) is 0.467. The molecule has 1 fully saturated rings. The van der Waals surface area contributed by atoms with Gasteiger partial charge in [0.05, 0.1) is 11.7 Å². The number of halogens is 4. The average Bonchev–Trinajstić information content (AvgIpc) is 3.05. The van der Waals surface area contributed by atoms with Crippen LogP contribution in [0.5, 0.6) is 0 Å². The summed E-state index contributed by atoms with van der Waals surface area (Å²) in [4.78, 5) is 0. The topological polar surface area (TPSA) is 76.3 Å². The van der Waals surface area contributed by atoms with Crippen molar-refractivity contribution in [2.75, 3.05) is 13.1 Å². The molecule has 1 aromatic heterocycles. The summed E-state index contributed by atoms with van der Waals surface area (Å²) in [7, 11) is -3.76. The first kappa shape index (κ1) is 18.8. The maximum Gasteiger partial charge on any atom is 0.470 e. The number of rotatable bonds is 4. The minimum atomic E-state index is -4.75. The lowest BCUT2D eigenvalue weighted by molar-refractivity contribution is -0.157. The van der Waals surface area contributed by atoms with Gasteiger partial charge in [-0.15, -0.1) is 10.2 Å². The molecule has 0 N–H and O–H groups in total. The van der Waals surface area contributed by atoms with E-state index in [-0.39, 0.29) is 19.0 Å². The molecule has 1 aliphatic rings. The maximum absolute atomic E-state index is 13.2. The average molecular weight is 393 g/mol. The number of hydrogen-bond acceptors (Lipinski definition) is 5. The van der Waals surface area contributed by atoms with Crippen LogP contribution in [0.3, 0.4) is 0 Å². The van der Waals surface area contributed by atoms with Gasteiger partial charge < -0.3 is 4.42 Å². The van der Waals surface area contributed by atoms with Crippen LogP contribution in [-0.2, 0) is 22.0 Å². The molecular formula is C15H15F4N3O3S. The van der Waals surface area contributed by atoms with Gasteiger partial charge in [-0.2, -0.15) is 13.2 Å². The van der Waals surface area contributed by atoms with E-state index in [1.165, 1.54) is 22.5 Å². The van der Waals surface area contributed by atoms with Crippen LogP contribution in [0.1, 0.15) is 36.1 Å². The van der Waals surface area contributed by atoms with Crippen LogP contribution in [0.15, 0.2) is 28.7 Å². The number of sulfonamides is 1. The molecule has 11 heteroatoms. The highest BCUT2D eigenvalue weighted by atomic mass is 32.2. The number of nitrogens with zero attached hydrogens (tertiary/aromatic N) is 3. The molecule has 2 heterocycles.